The third kappa shape index (κ3) is 9.26. The van der Waals surface area contributed by atoms with Gasteiger partial charge in [0.25, 0.3) is 7.63 Å². The van der Waals surface area contributed by atoms with Gasteiger partial charge < -0.3 is 4.12 Å². The summed E-state index contributed by atoms with van der Waals surface area (Å²) < 4.78 is 5.41. The lowest BCUT2D eigenvalue weighted by molar-refractivity contribution is 0.612. The Balaban J connectivity index is 3.21. The first kappa shape index (κ1) is 11.3. The van der Waals surface area contributed by atoms with Crippen LogP contribution in [-0.4, -0.2) is 22.2 Å². The second kappa shape index (κ2) is 5.01. The number of hydrogen-bond donors (Lipinski definition) is 0. The fourth-order valence-corrected chi connectivity index (χ4v) is 4.21. The molecule has 0 rings (SSSR count). The van der Waals surface area contributed by atoms with Gasteiger partial charge in [-0.15, -0.1) is 34.3 Å². The lowest BCUT2D eigenvalue weighted by atomic mass is 10.9. The molecular weight excluding hydrogens is 227 g/mol. The molecule has 0 aromatic rings. The summed E-state index contributed by atoms with van der Waals surface area (Å²) in [5, 5.41) is 0. The van der Waals surface area contributed by atoms with E-state index in [0.717, 1.165) is 6.04 Å². The van der Waals surface area contributed by atoms with Crippen molar-refractivity contribution in [1.29, 1.82) is 0 Å². The largest absolute Gasteiger partial charge is 0.450 e. The normalized spacial score (nSPS) is 13.8. The third-order valence-corrected chi connectivity index (χ3v) is 7.31. The zero-order valence-corrected chi connectivity index (χ0v) is 10.7. The molecule has 0 fully saturated rings. The van der Waals surface area contributed by atoms with Crippen LogP contribution in [0.2, 0.25) is 19.1 Å². The van der Waals surface area contributed by atoms with Gasteiger partial charge in [-0.3, -0.25) is 0 Å². The number of alkyl halides is 2. The standard InChI is InChI=1S/C4H11Cl3OSi2/c1-10(2,7)8-9-3-4(5)6/h4H,3,9H2,1-2H3. The molecule has 0 saturated heterocycles. The molecule has 0 saturated carbocycles. The highest BCUT2D eigenvalue weighted by atomic mass is 35.6. The highest BCUT2D eigenvalue weighted by Crippen LogP contribution is 2.12. The number of halogens is 3. The Labute approximate surface area is 79.8 Å². The molecular formula is C4H11Cl3OSi2. The van der Waals surface area contributed by atoms with Gasteiger partial charge in [0.05, 0.1) is 0 Å². The molecule has 10 heavy (non-hydrogen) atoms. The van der Waals surface area contributed by atoms with Crippen LogP contribution in [0.3, 0.4) is 0 Å². The molecule has 0 radical (unpaired) electrons. The average molecular weight is 238 g/mol. The summed E-state index contributed by atoms with van der Waals surface area (Å²) in [6.07, 6.45) is 0. The van der Waals surface area contributed by atoms with E-state index >= 15 is 0 Å². The summed E-state index contributed by atoms with van der Waals surface area (Å²) in [6, 6.07) is 0.784. The van der Waals surface area contributed by atoms with E-state index < -0.39 is 17.4 Å². The molecule has 6 heteroatoms. The van der Waals surface area contributed by atoms with Gasteiger partial charge in [0.15, 0.2) is 9.76 Å². The molecule has 0 aromatic heterocycles. The summed E-state index contributed by atoms with van der Waals surface area (Å²) in [5.74, 6) is 0. The van der Waals surface area contributed by atoms with Crippen LogP contribution in [0.25, 0.3) is 0 Å². The van der Waals surface area contributed by atoms with E-state index in [-0.39, 0.29) is 4.84 Å². The smallest absolute Gasteiger partial charge is 0.273 e. The van der Waals surface area contributed by atoms with Crippen LogP contribution in [0.15, 0.2) is 0 Å². The summed E-state index contributed by atoms with van der Waals surface area (Å²) in [7, 11) is -2.38. The second-order valence-electron chi connectivity index (χ2n) is 2.39. The Kier molecular flexibility index (Phi) is 5.64. The predicted molar refractivity (Wildman–Crippen MR) is 53.3 cm³/mol. The van der Waals surface area contributed by atoms with Gasteiger partial charge in [0.1, 0.15) is 4.84 Å². The molecule has 0 atom stereocenters. The zero-order chi connectivity index (χ0) is 8.20. The van der Waals surface area contributed by atoms with Crippen molar-refractivity contribution in [2.45, 2.75) is 24.0 Å². The van der Waals surface area contributed by atoms with Crippen molar-refractivity contribution in [3.05, 3.63) is 0 Å². The van der Waals surface area contributed by atoms with Gasteiger partial charge in [0.2, 0.25) is 0 Å². The fourth-order valence-electron chi connectivity index (χ4n) is 0.391. The van der Waals surface area contributed by atoms with E-state index in [1.54, 1.807) is 0 Å². The molecule has 0 amide bonds. The molecule has 0 N–H and O–H groups in total. The van der Waals surface area contributed by atoms with Crippen molar-refractivity contribution < 1.29 is 4.12 Å². The van der Waals surface area contributed by atoms with Crippen molar-refractivity contribution >= 4 is 51.7 Å². The molecule has 0 aliphatic heterocycles. The fraction of sp³-hybridized carbons (Fsp3) is 1.00. The minimum atomic E-state index is -1.81. The minimum Gasteiger partial charge on any atom is -0.450 e. The maximum Gasteiger partial charge on any atom is 0.273 e. The Morgan fingerprint density at radius 3 is 2.30 bits per heavy atom. The van der Waals surface area contributed by atoms with Crippen LogP contribution in [-0.2, 0) is 4.12 Å². The van der Waals surface area contributed by atoms with Gasteiger partial charge in [-0.2, -0.15) is 0 Å². The molecule has 1 nitrogen and oxygen atoms in total. The molecule has 0 heterocycles. The Morgan fingerprint density at radius 2 is 2.00 bits per heavy atom. The summed E-state index contributed by atoms with van der Waals surface area (Å²) in [5.41, 5.74) is 0. The van der Waals surface area contributed by atoms with Crippen LogP contribution in [0.5, 0.6) is 0 Å². The highest BCUT2D eigenvalue weighted by molar-refractivity contribution is 7.16. The van der Waals surface area contributed by atoms with Crippen molar-refractivity contribution in [3.8, 4) is 0 Å². The molecule has 0 aliphatic rings. The molecule has 0 unspecified atom stereocenters. The van der Waals surface area contributed by atoms with Crippen molar-refractivity contribution in [2.24, 2.45) is 0 Å². The van der Waals surface area contributed by atoms with Crippen LogP contribution >= 0.6 is 34.3 Å². The van der Waals surface area contributed by atoms with E-state index in [1.807, 2.05) is 13.1 Å². The zero-order valence-electron chi connectivity index (χ0n) is 6.03. The Hall–Kier alpha value is 1.26. The summed E-state index contributed by atoms with van der Waals surface area (Å²) >= 11 is 16.9. The van der Waals surface area contributed by atoms with Gasteiger partial charge in [0, 0.05) is 0 Å². The van der Waals surface area contributed by atoms with Crippen LogP contribution in [0.4, 0.5) is 0 Å². The number of rotatable bonds is 4. The van der Waals surface area contributed by atoms with Gasteiger partial charge in [-0.05, 0) is 19.1 Å². The van der Waals surface area contributed by atoms with Gasteiger partial charge >= 0.3 is 0 Å². The quantitative estimate of drug-likeness (QED) is 0.414. The molecule has 0 bridgehead atoms. The van der Waals surface area contributed by atoms with Crippen LogP contribution < -0.4 is 0 Å². The van der Waals surface area contributed by atoms with E-state index in [2.05, 4.69) is 0 Å². The first-order valence-corrected chi connectivity index (χ1v) is 9.40. The van der Waals surface area contributed by atoms with Gasteiger partial charge in [-0.25, -0.2) is 0 Å². The summed E-state index contributed by atoms with van der Waals surface area (Å²) in [4.78, 5) is -0.278. The van der Waals surface area contributed by atoms with E-state index in [4.69, 9.17) is 38.4 Å². The first-order valence-electron chi connectivity index (χ1n) is 3.03. The second-order valence-corrected chi connectivity index (χ2v) is 11.3. The molecule has 0 aliphatic carbocycles. The maximum atomic E-state index is 5.88. The monoisotopic (exact) mass is 236 g/mol. The SMILES string of the molecule is C[Si](C)(Cl)O[SiH2]CC(Cl)Cl. The predicted octanol–water partition coefficient (Wildman–Crippen LogP) is 2.25. The molecule has 0 aromatic carbocycles. The van der Waals surface area contributed by atoms with Crippen LogP contribution in [0.1, 0.15) is 0 Å². The van der Waals surface area contributed by atoms with Crippen LogP contribution in [0, 0.1) is 0 Å². The Morgan fingerprint density at radius 1 is 1.50 bits per heavy atom. The van der Waals surface area contributed by atoms with E-state index in [9.17, 15) is 0 Å². The average Bonchev–Trinajstić information content (AvgIpc) is 1.59. The molecule has 62 valence electrons. The Bertz CT molecular complexity index is 93.0. The van der Waals surface area contributed by atoms with Crippen molar-refractivity contribution in [2.75, 3.05) is 0 Å². The topological polar surface area (TPSA) is 9.23 Å². The third-order valence-electron chi connectivity index (χ3n) is 0.781. The first-order chi connectivity index (χ1) is 4.42. The van der Waals surface area contributed by atoms with Gasteiger partial charge in [-0.1, -0.05) is 0 Å². The maximum absolute atomic E-state index is 5.88. The highest BCUT2D eigenvalue weighted by Gasteiger charge is 2.17. The lowest BCUT2D eigenvalue weighted by Crippen LogP contribution is -2.25. The lowest BCUT2D eigenvalue weighted by Gasteiger charge is -2.14. The van der Waals surface area contributed by atoms with Crippen molar-refractivity contribution in [1.82, 2.24) is 0 Å². The van der Waals surface area contributed by atoms with E-state index in [1.165, 1.54) is 0 Å². The number of hydrogen-bond acceptors (Lipinski definition) is 1. The molecule has 0 spiro atoms. The summed E-state index contributed by atoms with van der Waals surface area (Å²) in [6.45, 7) is 3.89. The van der Waals surface area contributed by atoms with Crippen molar-refractivity contribution in [3.63, 3.8) is 0 Å². The van der Waals surface area contributed by atoms with E-state index in [0.29, 0.717) is 0 Å². The minimum absolute atomic E-state index is 0.278.